The maximum Gasteiger partial charge on any atom is 0.245 e. The third-order valence-electron chi connectivity index (χ3n) is 3.36. The van der Waals surface area contributed by atoms with E-state index in [9.17, 15) is 0 Å². The number of anilines is 1. The Balaban J connectivity index is 1.90. The van der Waals surface area contributed by atoms with Gasteiger partial charge in [-0.3, -0.25) is 5.10 Å². The number of hydrogen-bond donors (Lipinski definition) is 2. The second-order valence-electron chi connectivity index (χ2n) is 4.96. The van der Waals surface area contributed by atoms with Crippen LogP contribution >= 0.6 is 15.9 Å². The Morgan fingerprint density at radius 3 is 3.05 bits per heavy atom. The Kier molecular flexibility index (Phi) is 3.28. The van der Waals surface area contributed by atoms with Gasteiger partial charge in [-0.25, -0.2) is 0 Å². The summed E-state index contributed by atoms with van der Waals surface area (Å²) in [5.41, 5.74) is 8.13. The molecule has 6 heteroatoms. The van der Waals surface area contributed by atoms with Crippen LogP contribution in [-0.4, -0.2) is 34.3 Å². The minimum Gasteiger partial charge on any atom is -0.338 e. The molecule has 1 aromatic heterocycles. The molecule has 1 fully saturated rings. The standard InChI is InChI=1S/C13H16BrN5/c1-8-2-3-11(14)10(6-8)12-16-13(18-17-12)19-5-4-9(15)7-19/h2-3,6,9H,4-5,7,15H2,1H3,(H,16,17,18). The predicted molar refractivity (Wildman–Crippen MR) is 79.1 cm³/mol. The maximum atomic E-state index is 5.91. The minimum absolute atomic E-state index is 0.229. The van der Waals surface area contributed by atoms with Crippen LogP contribution in [0.4, 0.5) is 5.95 Å². The lowest BCUT2D eigenvalue weighted by atomic mass is 10.1. The molecule has 1 aromatic carbocycles. The highest BCUT2D eigenvalue weighted by atomic mass is 79.9. The van der Waals surface area contributed by atoms with Crippen molar-refractivity contribution >= 4 is 21.9 Å². The van der Waals surface area contributed by atoms with Crippen molar-refractivity contribution in [2.75, 3.05) is 18.0 Å². The summed E-state index contributed by atoms with van der Waals surface area (Å²) in [6.45, 7) is 3.81. The van der Waals surface area contributed by atoms with Crippen LogP contribution in [0.5, 0.6) is 0 Å². The van der Waals surface area contributed by atoms with E-state index in [0.717, 1.165) is 41.3 Å². The van der Waals surface area contributed by atoms with Gasteiger partial charge >= 0.3 is 0 Å². The van der Waals surface area contributed by atoms with Crippen LogP contribution in [0.1, 0.15) is 12.0 Å². The van der Waals surface area contributed by atoms with E-state index in [1.807, 2.05) is 6.07 Å². The van der Waals surface area contributed by atoms with Crippen LogP contribution in [0, 0.1) is 6.92 Å². The lowest BCUT2D eigenvalue weighted by molar-refractivity contribution is 0.750. The smallest absolute Gasteiger partial charge is 0.245 e. The van der Waals surface area contributed by atoms with Crippen molar-refractivity contribution in [3.05, 3.63) is 28.2 Å². The first-order chi connectivity index (χ1) is 9.13. The van der Waals surface area contributed by atoms with Crippen LogP contribution in [-0.2, 0) is 0 Å². The zero-order valence-corrected chi connectivity index (χ0v) is 12.3. The fourth-order valence-electron chi connectivity index (χ4n) is 2.30. The number of aromatic amines is 1. The van der Waals surface area contributed by atoms with Crippen molar-refractivity contribution in [1.82, 2.24) is 15.2 Å². The van der Waals surface area contributed by atoms with Crippen molar-refractivity contribution in [3.8, 4) is 11.4 Å². The van der Waals surface area contributed by atoms with Gasteiger partial charge in [-0.2, -0.15) is 4.98 Å². The number of nitrogens with one attached hydrogen (secondary N) is 1. The average molecular weight is 322 g/mol. The van der Waals surface area contributed by atoms with Gasteiger partial charge in [0.1, 0.15) is 0 Å². The van der Waals surface area contributed by atoms with Crippen molar-refractivity contribution in [2.45, 2.75) is 19.4 Å². The Labute approximate surface area is 120 Å². The quantitative estimate of drug-likeness (QED) is 0.888. The number of rotatable bonds is 2. The summed E-state index contributed by atoms with van der Waals surface area (Å²) in [4.78, 5) is 6.69. The van der Waals surface area contributed by atoms with Crippen molar-refractivity contribution in [2.24, 2.45) is 5.73 Å². The summed E-state index contributed by atoms with van der Waals surface area (Å²) >= 11 is 3.55. The molecule has 0 spiro atoms. The molecule has 2 heterocycles. The highest BCUT2D eigenvalue weighted by Crippen LogP contribution is 2.28. The number of benzene rings is 1. The van der Waals surface area contributed by atoms with Gasteiger partial charge in [-0.15, -0.1) is 5.10 Å². The molecule has 19 heavy (non-hydrogen) atoms. The van der Waals surface area contributed by atoms with Gasteiger partial charge in [0, 0.05) is 29.2 Å². The fourth-order valence-corrected chi connectivity index (χ4v) is 2.74. The van der Waals surface area contributed by atoms with Crippen molar-refractivity contribution in [1.29, 1.82) is 0 Å². The maximum absolute atomic E-state index is 5.91. The molecule has 0 aliphatic carbocycles. The zero-order valence-electron chi connectivity index (χ0n) is 10.7. The SMILES string of the molecule is Cc1ccc(Br)c(-c2nc(N3CCC(N)C3)n[nH]2)c1. The molecule has 1 saturated heterocycles. The first kappa shape index (κ1) is 12.6. The Hall–Kier alpha value is -1.40. The summed E-state index contributed by atoms with van der Waals surface area (Å²) in [5.74, 6) is 1.52. The molecule has 1 aliphatic heterocycles. The van der Waals surface area contributed by atoms with Gasteiger partial charge in [-0.05, 0) is 25.5 Å². The van der Waals surface area contributed by atoms with Crippen LogP contribution in [0.2, 0.25) is 0 Å². The Bertz CT molecular complexity index is 594. The highest BCUT2D eigenvalue weighted by Gasteiger charge is 2.22. The van der Waals surface area contributed by atoms with E-state index in [1.165, 1.54) is 5.56 Å². The third kappa shape index (κ3) is 2.50. The van der Waals surface area contributed by atoms with Gasteiger partial charge in [0.25, 0.3) is 0 Å². The molecular formula is C13H16BrN5. The van der Waals surface area contributed by atoms with Crippen LogP contribution < -0.4 is 10.6 Å². The van der Waals surface area contributed by atoms with Crippen LogP contribution in [0.25, 0.3) is 11.4 Å². The minimum atomic E-state index is 0.229. The monoisotopic (exact) mass is 321 g/mol. The number of aromatic nitrogens is 3. The lowest BCUT2D eigenvalue weighted by Gasteiger charge is -2.11. The second-order valence-corrected chi connectivity index (χ2v) is 5.82. The topological polar surface area (TPSA) is 70.8 Å². The molecule has 2 aromatic rings. The predicted octanol–water partition coefficient (Wildman–Crippen LogP) is 2.08. The third-order valence-corrected chi connectivity index (χ3v) is 4.05. The van der Waals surface area contributed by atoms with Crippen LogP contribution in [0.3, 0.4) is 0 Å². The van der Waals surface area contributed by atoms with Gasteiger partial charge in [0.2, 0.25) is 5.95 Å². The van der Waals surface area contributed by atoms with E-state index in [4.69, 9.17) is 5.73 Å². The Morgan fingerprint density at radius 2 is 2.32 bits per heavy atom. The summed E-state index contributed by atoms with van der Waals surface area (Å²) in [6, 6.07) is 6.40. The molecule has 0 amide bonds. The van der Waals surface area contributed by atoms with E-state index in [-0.39, 0.29) is 6.04 Å². The highest BCUT2D eigenvalue weighted by molar-refractivity contribution is 9.10. The molecule has 1 unspecified atom stereocenters. The van der Waals surface area contributed by atoms with Crippen LogP contribution in [0.15, 0.2) is 22.7 Å². The number of nitrogens with two attached hydrogens (primary N) is 1. The largest absolute Gasteiger partial charge is 0.338 e. The zero-order chi connectivity index (χ0) is 13.4. The van der Waals surface area contributed by atoms with Crippen molar-refractivity contribution < 1.29 is 0 Å². The normalized spacial score (nSPS) is 19.1. The molecular weight excluding hydrogens is 306 g/mol. The second kappa shape index (κ2) is 4.94. The summed E-state index contributed by atoms with van der Waals surface area (Å²) < 4.78 is 1.01. The molecule has 3 rings (SSSR count). The van der Waals surface area contributed by atoms with Gasteiger partial charge in [0.15, 0.2) is 5.82 Å². The molecule has 0 saturated carbocycles. The van der Waals surface area contributed by atoms with E-state index >= 15 is 0 Å². The number of halogens is 1. The number of H-pyrrole nitrogens is 1. The number of nitrogens with zero attached hydrogens (tertiary/aromatic N) is 3. The molecule has 3 N–H and O–H groups in total. The molecule has 1 aliphatic rings. The summed E-state index contributed by atoms with van der Waals surface area (Å²) in [6.07, 6.45) is 0.998. The summed E-state index contributed by atoms with van der Waals surface area (Å²) in [5, 5.41) is 7.30. The van der Waals surface area contributed by atoms with Gasteiger partial charge in [-0.1, -0.05) is 27.6 Å². The Morgan fingerprint density at radius 1 is 1.47 bits per heavy atom. The van der Waals surface area contributed by atoms with Gasteiger partial charge in [0.05, 0.1) is 0 Å². The molecule has 0 radical (unpaired) electrons. The van der Waals surface area contributed by atoms with E-state index < -0.39 is 0 Å². The number of aryl methyl sites for hydroxylation is 1. The fraction of sp³-hybridized carbons (Fsp3) is 0.385. The summed E-state index contributed by atoms with van der Waals surface area (Å²) in [7, 11) is 0. The average Bonchev–Trinajstić information content (AvgIpc) is 3.00. The molecule has 1 atom stereocenters. The number of hydrogen-bond acceptors (Lipinski definition) is 4. The van der Waals surface area contributed by atoms with Gasteiger partial charge < -0.3 is 10.6 Å². The first-order valence-electron chi connectivity index (χ1n) is 6.33. The molecule has 5 nitrogen and oxygen atoms in total. The molecule has 0 bridgehead atoms. The van der Waals surface area contributed by atoms with E-state index in [1.54, 1.807) is 0 Å². The van der Waals surface area contributed by atoms with Crippen molar-refractivity contribution in [3.63, 3.8) is 0 Å². The van der Waals surface area contributed by atoms with E-state index in [2.05, 4.69) is 55.1 Å². The first-order valence-corrected chi connectivity index (χ1v) is 7.12. The lowest BCUT2D eigenvalue weighted by Crippen LogP contribution is -2.26. The molecule has 100 valence electrons. The van der Waals surface area contributed by atoms with E-state index in [0.29, 0.717) is 0 Å².